The van der Waals surface area contributed by atoms with Crippen LogP contribution in [0.2, 0.25) is 0 Å². The molecule has 7 nitrogen and oxygen atoms in total. The van der Waals surface area contributed by atoms with Gasteiger partial charge in [-0.2, -0.15) is 0 Å². The summed E-state index contributed by atoms with van der Waals surface area (Å²) < 4.78 is 0. The third kappa shape index (κ3) is 5.05. The minimum Gasteiger partial charge on any atom is -0.354 e. The summed E-state index contributed by atoms with van der Waals surface area (Å²) in [4.78, 5) is 45.6. The van der Waals surface area contributed by atoms with E-state index < -0.39 is 5.54 Å². The number of hydrogen-bond donors (Lipinski definition) is 1. The number of para-hydroxylation sites is 1. The van der Waals surface area contributed by atoms with E-state index in [2.05, 4.69) is 10.2 Å². The first kappa shape index (κ1) is 24.1. The lowest BCUT2D eigenvalue weighted by Crippen LogP contribution is -2.58. The fraction of sp³-hybridized carbons (Fsp3) is 0.679. The van der Waals surface area contributed by atoms with E-state index in [0.29, 0.717) is 45.1 Å². The van der Waals surface area contributed by atoms with Crippen molar-refractivity contribution in [2.45, 2.75) is 76.2 Å². The zero-order valence-corrected chi connectivity index (χ0v) is 20.9. The van der Waals surface area contributed by atoms with Gasteiger partial charge in [0.1, 0.15) is 12.1 Å². The molecule has 1 aromatic rings. The average molecular weight is 481 g/mol. The summed E-state index contributed by atoms with van der Waals surface area (Å²) in [6, 6.07) is 10.0. The predicted octanol–water partition coefficient (Wildman–Crippen LogP) is 3.54. The summed E-state index contributed by atoms with van der Waals surface area (Å²) in [6.45, 7) is 2.43. The average Bonchev–Trinajstić information content (AvgIpc) is 3.53. The molecule has 3 amide bonds. The third-order valence-electron chi connectivity index (χ3n) is 8.84. The van der Waals surface area contributed by atoms with Gasteiger partial charge in [-0.25, -0.2) is 0 Å². The first-order chi connectivity index (χ1) is 17.1. The lowest BCUT2D eigenvalue weighted by atomic mass is 9.85. The van der Waals surface area contributed by atoms with Crippen LogP contribution in [0, 0.1) is 11.8 Å². The Hall–Kier alpha value is -2.57. The van der Waals surface area contributed by atoms with Gasteiger partial charge in [0.2, 0.25) is 11.8 Å². The van der Waals surface area contributed by atoms with E-state index in [1.807, 2.05) is 35.2 Å². The van der Waals surface area contributed by atoms with Gasteiger partial charge in [-0.15, -0.1) is 0 Å². The Morgan fingerprint density at radius 1 is 0.914 bits per heavy atom. The maximum absolute atomic E-state index is 13.8. The summed E-state index contributed by atoms with van der Waals surface area (Å²) >= 11 is 0. The molecule has 35 heavy (non-hydrogen) atoms. The monoisotopic (exact) mass is 480 g/mol. The van der Waals surface area contributed by atoms with Gasteiger partial charge in [0.15, 0.2) is 0 Å². The zero-order valence-electron chi connectivity index (χ0n) is 20.9. The van der Waals surface area contributed by atoms with Gasteiger partial charge in [-0.05, 0) is 56.6 Å². The number of likely N-dealkylation sites (tertiary alicyclic amines) is 1. The number of hydrogen-bond acceptors (Lipinski definition) is 4. The van der Waals surface area contributed by atoms with Gasteiger partial charge in [0, 0.05) is 31.2 Å². The summed E-state index contributed by atoms with van der Waals surface area (Å²) in [5, 5.41) is 3.09. The van der Waals surface area contributed by atoms with Crippen LogP contribution < -0.4 is 10.2 Å². The SMILES string of the molecule is O=C(CN1CN(c2ccccc2)C2(CCN(C(=O)C3CCCC3)CC2)C1=O)NCC1CCCCC1. The second-order valence-corrected chi connectivity index (χ2v) is 11.1. The molecule has 0 bridgehead atoms. The highest BCUT2D eigenvalue weighted by Crippen LogP contribution is 2.40. The third-order valence-corrected chi connectivity index (χ3v) is 8.84. The van der Waals surface area contributed by atoms with Crippen molar-refractivity contribution in [2.75, 3.05) is 37.7 Å². The van der Waals surface area contributed by atoms with Gasteiger partial charge in [0.05, 0.1) is 6.67 Å². The molecular weight excluding hydrogens is 440 g/mol. The summed E-state index contributed by atoms with van der Waals surface area (Å²) in [7, 11) is 0. The molecule has 0 atom stereocenters. The molecule has 2 aliphatic carbocycles. The number of carbonyl (C=O) groups is 3. The molecule has 1 N–H and O–H groups in total. The van der Waals surface area contributed by atoms with Crippen molar-refractivity contribution in [1.29, 1.82) is 0 Å². The molecule has 4 fully saturated rings. The predicted molar refractivity (Wildman–Crippen MR) is 136 cm³/mol. The Bertz CT molecular complexity index is 900. The first-order valence-corrected chi connectivity index (χ1v) is 13.7. The van der Waals surface area contributed by atoms with Crippen LogP contribution in [-0.2, 0) is 14.4 Å². The maximum Gasteiger partial charge on any atom is 0.250 e. The Labute approximate surface area is 209 Å². The van der Waals surface area contributed by atoms with E-state index in [9.17, 15) is 14.4 Å². The first-order valence-electron chi connectivity index (χ1n) is 13.7. The molecule has 4 aliphatic rings. The number of carbonyl (C=O) groups excluding carboxylic acids is 3. The molecular formula is C28H40N4O3. The number of nitrogens with one attached hydrogen (secondary N) is 1. The van der Waals surface area contributed by atoms with Gasteiger partial charge in [-0.1, -0.05) is 50.3 Å². The molecule has 0 aromatic heterocycles. The molecule has 2 saturated carbocycles. The van der Waals surface area contributed by atoms with E-state index in [1.165, 1.54) is 32.1 Å². The second-order valence-electron chi connectivity index (χ2n) is 11.1. The Balaban J connectivity index is 1.26. The number of anilines is 1. The molecule has 2 heterocycles. The van der Waals surface area contributed by atoms with Gasteiger partial charge < -0.3 is 20.0 Å². The van der Waals surface area contributed by atoms with Crippen LogP contribution in [0.5, 0.6) is 0 Å². The number of rotatable bonds is 6. The van der Waals surface area contributed by atoms with Crippen LogP contribution in [0.15, 0.2) is 30.3 Å². The highest BCUT2D eigenvalue weighted by atomic mass is 16.2. The topological polar surface area (TPSA) is 73.0 Å². The van der Waals surface area contributed by atoms with Gasteiger partial charge in [-0.3, -0.25) is 14.4 Å². The molecule has 1 spiro atoms. The fourth-order valence-electron chi connectivity index (χ4n) is 6.73. The van der Waals surface area contributed by atoms with Crippen LogP contribution in [0.4, 0.5) is 5.69 Å². The minimum atomic E-state index is -0.683. The van der Waals surface area contributed by atoms with Crippen molar-refractivity contribution in [3.8, 4) is 0 Å². The van der Waals surface area contributed by atoms with E-state index in [0.717, 1.165) is 31.4 Å². The van der Waals surface area contributed by atoms with E-state index in [1.54, 1.807) is 4.90 Å². The summed E-state index contributed by atoms with van der Waals surface area (Å²) in [5.74, 6) is 0.965. The fourth-order valence-corrected chi connectivity index (χ4v) is 6.73. The van der Waals surface area contributed by atoms with Crippen LogP contribution in [0.1, 0.15) is 70.6 Å². The number of nitrogens with zero attached hydrogens (tertiary/aromatic N) is 3. The number of piperidine rings is 1. The number of amides is 3. The number of benzene rings is 1. The van der Waals surface area contributed by atoms with Crippen molar-refractivity contribution in [3.05, 3.63) is 30.3 Å². The molecule has 190 valence electrons. The minimum absolute atomic E-state index is 0.0298. The quantitative estimate of drug-likeness (QED) is 0.676. The van der Waals surface area contributed by atoms with Gasteiger partial charge in [0.25, 0.3) is 5.91 Å². The smallest absolute Gasteiger partial charge is 0.250 e. The van der Waals surface area contributed by atoms with Crippen molar-refractivity contribution < 1.29 is 14.4 Å². The largest absolute Gasteiger partial charge is 0.354 e. The second kappa shape index (κ2) is 10.6. The van der Waals surface area contributed by atoms with Crippen LogP contribution in [0.3, 0.4) is 0 Å². The van der Waals surface area contributed by atoms with Crippen LogP contribution in [-0.4, -0.2) is 65.9 Å². The van der Waals surface area contributed by atoms with Crippen LogP contribution in [0.25, 0.3) is 0 Å². The van der Waals surface area contributed by atoms with E-state index >= 15 is 0 Å². The standard InChI is InChI=1S/C28H40N4O3/c33-25(29-19-22-9-3-1-4-10-22)20-31-21-32(24-13-5-2-6-14-24)28(27(31)35)15-17-30(18-16-28)26(34)23-11-7-8-12-23/h2,5-6,13-14,22-23H,1,3-4,7-12,15-21H2,(H,29,33). The van der Waals surface area contributed by atoms with Crippen molar-refractivity contribution >= 4 is 23.4 Å². The molecule has 0 unspecified atom stereocenters. The lowest BCUT2D eigenvalue weighted by molar-refractivity contribution is -0.141. The molecule has 7 heteroatoms. The molecule has 2 saturated heterocycles. The van der Waals surface area contributed by atoms with Crippen molar-refractivity contribution in [3.63, 3.8) is 0 Å². The Morgan fingerprint density at radius 3 is 2.26 bits per heavy atom. The summed E-state index contributed by atoms with van der Waals surface area (Å²) in [5.41, 5.74) is 0.318. The Morgan fingerprint density at radius 2 is 1.57 bits per heavy atom. The Kier molecular flexibility index (Phi) is 7.30. The summed E-state index contributed by atoms with van der Waals surface area (Å²) in [6.07, 6.45) is 11.7. The van der Waals surface area contributed by atoms with Gasteiger partial charge >= 0.3 is 0 Å². The van der Waals surface area contributed by atoms with Crippen molar-refractivity contribution in [2.24, 2.45) is 11.8 Å². The maximum atomic E-state index is 13.8. The van der Waals surface area contributed by atoms with E-state index in [4.69, 9.17) is 0 Å². The highest BCUT2D eigenvalue weighted by molar-refractivity contribution is 5.96. The molecule has 5 rings (SSSR count). The molecule has 2 aliphatic heterocycles. The molecule has 1 aromatic carbocycles. The molecule has 0 radical (unpaired) electrons. The normalized spacial score (nSPS) is 23.3. The highest BCUT2D eigenvalue weighted by Gasteiger charge is 2.54. The lowest BCUT2D eigenvalue weighted by Gasteiger charge is -2.43. The van der Waals surface area contributed by atoms with Crippen LogP contribution >= 0.6 is 0 Å². The zero-order chi connectivity index (χ0) is 24.3. The van der Waals surface area contributed by atoms with Crippen molar-refractivity contribution in [1.82, 2.24) is 15.1 Å². The van der Waals surface area contributed by atoms with E-state index in [-0.39, 0.29) is 30.2 Å².